The summed E-state index contributed by atoms with van der Waals surface area (Å²) in [4.78, 5) is 0. The minimum atomic E-state index is -0.124. The van der Waals surface area contributed by atoms with E-state index in [9.17, 15) is 4.39 Å². The Balaban J connectivity index is 2.18. The maximum atomic E-state index is 13.7. The molecule has 0 aliphatic carbocycles. The molecule has 0 aromatic heterocycles. The first-order chi connectivity index (χ1) is 8.56. The van der Waals surface area contributed by atoms with Crippen molar-refractivity contribution >= 4 is 11.6 Å². The lowest BCUT2D eigenvalue weighted by Gasteiger charge is -2.13. The molecule has 1 unspecified atom stereocenters. The number of aryl methyl sites for hydroxylation is 1. The zero-order chi connectivity index (χ0) is 13.1. The lowest BCUT2D eigenvalue weighted by Crippen LogP contribution is -2.01. The first kappa shape index (κ1) is 13.1. The molecular weight excluding hydrogens is 247 g/mol. The molecule has 0 fully saturated rings. The van der Waals surface area contributed by atoms with Gasteiger partial charge in [0.05, 0.1) is 0 Å². The van der Waals surface area contributed by atoms with Gasteiger partial charge in [-0.1, -0.05) is 48.4 Å². The highest BCUT2D eigenvalue weighted by molar-refractivity contribution is 6.30. The quantitative estimate of drug-likeness (QED) is 0.719. The summed E-state index contributed by atoms with van der Waals surface area (Å²) >= 11 is 5.86. The highest BCUT2D eigenvalue weighted by atomic mass is 35.5. The van der Waals surface area contributed by atoms with Gasteiger partial charge < -0.3 is 0 Å². The van der Waals surface area contributed by atoms with Crippen LogP contribution >= 0.6 is 11.6 Å². The van der Waals surface area contributed by atoms with Crippen LogP contribution in [0.5, 0.6) is 0 Å². The Morgan fingerprint density at radius 2 is 1.78 bits per heavy atom. The van der Waals surface area contributed by atoms with Crippen LogP contribution in [-0.2, 0) is 6.42 Å². The van der Waals surface area contributed by atoms with Crippen LogP contribution in [0.1, 0.15) is 29.5 Å². The Hall–Kier alpha value is -1.34. The van der Waals surface area contributed by atoms with Gasteiger partial charge in [-0.05, 0) is 48.6 Å². The summed E-state index contributed by atoms with van der Waals surface area (Å²) in [6.07, 6.45) is 0.704. The molecule has 1 atom stereocenters. The van der Waals surface area contributed by atoms with Crippen molar-refractivity contribution in [1.82, 2.24) is 0 Å². The van der Waals surface area contributed by atoms with E-state index in [0.717, 1.165) is 16.1 Å². The van der Waals surface area contributed by atoms with Crippen molar-refractivity contribution in [2.45, 2.75) is 26.2 Å². The molecule has 18 heavy (non-hydrogen) atoms. The third kappa shape index (κ3) is 3.11. The fraction of sp³-hybridized carbons (Fsp3) is 0.250. The molecule has 2 heteroatoms. The van der Waals surface area contributed by atoms with Gasteiger partial charge in [0.15, 0.2) is 0 Å². The minimum absolute atomic E-state index is 0.124. The highest BCUT2D eigenvalue weighted by Gasteiger charge is 2.10. The molecule has 0 aliphatic rings. The van der Waals surface area contributed by atoms with E-state index in [-0.39, 0.29) is 11.7 Å². The first-order valence-corrected chi connectivity index (χ1v) is 6.44. The van der Waals surface area contributed by atoms with Crippen molar-refractivity contribution in [2.75, 3.05) is 0 Å². The summed E-state index contributed by atoms with van der Waals surface area (Å²) in [5.41, 5.74) is 3.05. The average Bonchev–Trinajstić information content (AvgIpc) is 2.34. The molecule has 0 bridgehead atoms. The van der Waals surface area contributed by atoms with Crippen LogP contribution in [-0.4, -0.2) is 0 Å². The molecule has 0 heterocycles. The van der Waals surface area contributed by atoms with Gasteiger partial charge in [-0.3, -0.25) is 0 Å². The van der Waals surface area contributed by atoms with Crippen molar-refractivity contribution in [2.24, 2.45) is 0 Å². The van der Waals surface area contributed by atoms with Gasteiger partial charge in [-0.25, -0.2) is 4.39 Å². The molecule has 0 N–H and O–H groups in total. The van der Waals surface area contributed by atoms with Gasteiger partial charge in [-0.15, -0.1) is 0 Å². The van der Waals surface area contributed by atoms with Gasteiger partial charge in [-0.2, -0.15) is 0 Å². The van der Waals surface area contributed by atoms with Gasteiger partial charge in [0.2, 0.25) is 0 Å². The van der Waals surface area contributed by atoms with Crippen LogP contribution in [0.3, 0.4) is 0 Å². The van der Waals surface area contributed by atoms with E-state index in [1.165, 1.54) is 5.56 Å². The lowest BCUT2D eigenvalue weighted by molar-refractivity contribution is 0.597. The fourth-order valence-corrected chi connectivity index (χ4v) is 2.22. The van der Waals surface area contributed by atoms with Crippen LogP contribution < -0.4 is 0 Å². The predicted octanol–water partition coefficient (Wildman–Crippen LogP) is 5.13. The Bertz CT molecular complexity index is 531. The molecular formula is C16H16ClF. The van der Waals surface area contributed by atoms with E-state index in [2.05, 4.69) is 6.92 Å². The van der Waals surface area contributed by atoms with Crippen molar-refractivity contribution in [3.8, 4) is 0 Å². The van der Waals surface area contributed by atoms with Gasteiger partial charge in [0, 0.05) is 5.02 Å². The van der Waals surface area contributed by atoms with Gasteiger partial charge in [0.1, 0.15) is 5.82 Å². The Labute approximate surface area is 112 Å². The molecule has 0 spiro atoms. The monoisotopic (exact) mass is 262 g/mol. The second-order valence-corrected chi connectivity index (χ2v) is 5.19. The maximum absolute atomic E-state index is 13.7. The normalized spacial score (nSPS) is 12.4. The smallest absolute Gasteiger partial charge is 0.126 e. The van der Waals surface area contributed by atoms with E-state index >= 15 is 0 Å². The van der Waals surface area contributed by atoms with E-state index < -0.39 is 0 Å². The third-order valence-electron chi connectivity index (χ3n) is 3.17. The number of benzene rings is 2. The van der Waals surface area contributed by atoms with E-state index in [1.54, 1.807) is 12.1 Å². The Morgan fingerprint density at radius 1 is 1.11 bits per heavy atom. The molecule has 0 amide bonds. The standard InChI is InChI=1S/C16H16ClF/c1-11-3-8-16(18)14(9-11)10-12(2)13-4-6-15(17)7-5-13/h3-9,12H,10H2,1-2H3. The fourth-order valence-electron chi connectivity index (χ4n) is 2.10. The van der Waals surface area contributed by atoms with E-state index in [1.807, 2.05) is 37.3 Å². The second-order valence-electron chi connectivity index (χ2n) is 4.75. The van der Waals surface area contributed by atoms with Crippen molar-refractivity contribution in [3.63, 3.8) is 0 Å². The van der Waals surface area contributed by atoms with Crippen LogP contribution in [0.15, 0.2) is 42.5 Å². The summed E-state index contributed by atoms with van der Waals surface area (Å²) in [7, 11) is 0. The topological polar surface area (TPSA) is 0 Å². The largest absolute Gasteiger partial charge is 0.207 e. The van der Waals surface area contributed by atoms with Gasteiger partial charge >= 0.3 is 0 Å². The lowest BCUT2D eigenvalue weighted by atomic mass is 9.93. The molecule has 2 aromatic carbocycles. The summed E-state index contributed by atoms with van der Waals surface area (Å²) in [6.45, 7) is 4.08. The van der Waals surface area contributed by atoms with Crippen molar-refractivity contribution in [1.29, 1.82) is 0 Å². The van der Waals surface area contributed by atoms with Gasteiger partial charge in [0.25, 0.3) is 0 Å². The third-order valence-corrected chi connectivity index (χ3v) is 3.42. The first-order valence-electron chi connectivity index (χ1n) is 6.07. The Kier molecular flexibility index (Phi) is 4.03. The molecule has 0 radical (unpaired) electrons. The molecule has 94 valence electrons. The second kappa shape index (κ2) is 5.53. The van der Waals surface area contributed by atoms with Crippen molar-refractivity contribution < 1.29 is 4.39 Å². The number of hydrogen-bond acceptors (Lipinski definition) is 0. The zero-order valence-electron chi connectivity index (χ0n) is 10.6. The van der Waals surface area contributed by atoms with Crippen LogP contribution in [0.2, 0.25) is 5.02 Å². The molecule has 0 saturated carbocycles. The SMILES string of the molecule is Cc1ccc(F)c(CC(C)c2ccc(Cl)cc2)c1. The Morgan fingerprint density at radius 3 is 2.44 bits per heavy atom. The molecule has 0 aliphatic heterocycles. The molecule has 2 rings (SSSR count). The summed E-state index contributed by atoms with van der Waals surface area (Å²) in [5, 5.41) is 0.729. The van der Waals surface area contributed by atoms with Crippen LogP contribution in [0, 0.1) is 12.7 Å². The molecule has 2 aromatic rings. The summed E-state index contributed by atoms with van der Waals surface area (Å²) in [5.74, 6) is 0.153. The maximum Gasteiger partial charge on any atom is 0.126 e. The van der Waals surface area contributed by atoms with Crippen molar-refractivity contribution in [3.05, 3.63) is 70.0 Å². The average molecular weight is 263 g/mol. The molecule has 0 nitrogen and oxygen atoms in total. The number of halogens is 2. The van der Waals surface area contributed by atoms with Crippen LogP contribution in [0.4, 0.5) is 4.39 Å². The highest BCUT2D eigenvalue weighted by Crippen LogP contribution is 2.23. The number of hydrogen-bond donors (Lipinski definition) is 0. The summed E-state index contributed by atoms with van der Waals surface area (Å²) in [6, 6.07) is 13.0. The van der Waals surface area contributed by atoms with Crippen LogP contribution in [0.25, 0.3) is 0 Å². The predicted molar refractivity (Wildman–Crippen MR) is 74.7 cm³/mol. The minimum Gasteiger partial charge on any atom is -0.207 e. The zero-order valence-corrected chi connectivity index (χ0v) is 11.3. The van der Waals surface area contributed by atoms with E-state index in [0.29, 0.717) is 6.42 Å². The molecule has 0 saturated heterocycles. The van der Waals surface area contributed by atoms with E-state index in [4.69, 9.17) is 11.6 Å². The number of rotatable bonds is 3. The summed E-state index contributed by atoms with van der Waals surface area (Å²) < 4.78 is 13.7.